The topological polar surface area (TPSA) is 15.3 Å². The van der Waals surface area contributed by atoms with Crippen LogP contribution in [0.4, 0.5) is 10.1 Å². The number of hydrogen-bond acceptors (Lipinski definition) is 2. The summed E-state index contributed by atoms with van der Waals surface area (Å²) < 4.78 is 13.0. The number of halogens is 2. The van der Waals surface area contributed by atoms with E-state index in [0.29, 0.717) is 6.54 Å². The van der Waals surface area contributed by atoms with Crippen LogP contribution in [0.3, 0.4) is 0 Å². The minimum absolute atomic E-state index is 0.179. The van der Waals surface area contributed by atoms with Crippen molar-refractivity contribution in [2.75, 3.05) is 25.0 Å². The van der Waals surface area contributed by atoms with Crippen LogP contribution in [0.1, 0.15) is 12.0 Å². The lowest BCUT2D eigenvalue weighted by Crippen LogP contribution is -2.23. The van der Waals surface area contributed by atoms with Gasteiger partial charge in [-0.1, -0.05) is 35.9 Å². The summed E-state index contributed by atoms with van der Waals surface area (Å²) in [6.07, 6.45) is 1.04. The Kier molecular flexibility index (Phi) is 6.03. The minimum atomic E-state index is -0.370. The van der Waals surface area contributed by atoms with Crippen LogP contribution in [-0.4, -0.2) is 20.1 Å². The monoisotopic (exact) mass is 306 g/mol. The maximum atomic E-state index is 13.0. The molecule has 0 spiro atoms. The van der Waals surface area contributed by atoms with E-state index in [4.69, 9.17) is 11.6 Å². The molecule has 0 atom stereocenters. The fourth-order valence-electron chi connectivity index (χ4n) is 2.14. The molecule has 0 bridgehead atoms. The molecule has 112 valence electrons. The molecular formula is C17H20ClFN2. The van der Waals surface area contributed by atoms with Gasteiger partial charge in [0.15, 0.2) is 0 Å². The number of rotatable bonds is 7. The molecule has 2 rings (SSSR count). The first-order valence-corrected chi connectivity index (χ1v) is 7.45. The van der Waals surface area contributed by atoms with Crippen molar-refractivity contribution in [3.8, 4) is 0 Å². The second-order valence-electron chi connectivity index (χ2n) is 5.04. The molecule has 0 aliphatic rings. The van der Waals surface area contributed by atoms with E-state index in [9.17, 15) is 4.39 Å². The predicted octanol–water partition coefficient (Wildman–Crippen LogP) is 4.10. The zero-order chi connectivity index (χ0) is 15.1. The summed E-state index contributed by atoms with van der Waals surface area (Å²) in [5.41, 5.74) is 2.22. The maximum Gasteiger partial charge on any atom is 0.141 e. The van der Waals surface area contributed by atoms with E-state index in [0.717, 1.165) is 25.1 Å². The van der Waals surface area contributed by atoms with Crippen LogP contribution in [0.5, 0.6) is 0 Å². The minimum Gasteiger partial charge on any atom is -0.375 e. The summed E-state index contributed by atoms with van der Waals surface area (Å²) in [6, 6.07) is 15.1. The molecule has 2 nitrogen and oxygen atoms in total. The molecule has 0 saturated carbocycles. The Labute approximate surface area is 130 Å². The lowest BCUT2D eigenvalue weighted by atomic mass is 10.2. The van der Waals surface area contributed by atoms with Crippen molar-refractivity contribution in [2.45, 2.75) is 13.0 Å². The molecule has 0 unspecified atom stereocenters. The summed E-state index contributed by atoms with van der Waals surface area (Å²) in [4.78, 5) is 2.23. The van der Waals surface area contributed by atoms with Gasteiger partial charge in [0.2, 0.25) is 0 Å². The van der Waals surface area contributed by atoms with E-state index in [1.54, 1.807) is 12.1 Å². The third kappa shape index (κ3) is 5.03. The Bertz CT molecular complexity index is 560. The Morgan fingerprint density at radius 3 is 2.62 bits per heavy atom. The van der Waals surface area contributed by atoms with Gasteiger partial charge in [-0.3, -0.25) is 0 Å². The van der Waals surface area contributed by atoms with Crippen LogP contribution in [0.2, 0.25) is 5.02 Å². The van der Waals surface area contributed by atoms with E-state index in [-0.39, 0.29) is 10.8 Å². The molecule has 0 aliphatic carbocycles. The van der Waals surface area contributed by atoms with Gasteiger partial charge in [-0.15, -0.1) is 0 Å². The highest BCUT2D eigenvalue weighted by atomic mass is 35.5. The lowest BCUT2D eigenvalue weighted by molar-refractivity contribution is 0.622. The number of anilines is 1. The maximum absolute atomic E-state index is 13.0. The fourth-order valence-corrected chi connectivity index (χ4v) is 2.34. The standard InChI is InChI=1S/C17H20ClFN2/c1-21(15-6-3-2-4-7-15)11-5-10-20-13-14-8-9-17(19)16(18)12-14/h2-4,6-9,12,20H,5,10-11,13H2,1H3. The van der Waals surface area contributed by atoms with Crippen LogP contribution in [0, 0.1) is 5.82 Å². The summed E-state index contributed by atoms with van der Waals surface area (Å²) in [5.74, 6) is -0.370. The smallest absolute Gasteiger partial charge is 0.141 e. The van der Waals surface area contributed by atoms with E-state index >= 15 is 0 Å². The summed E-state index contributed by atoms with van der Waals surface area (Å²) in [6.45, 7) is 2.60. The Hall–Kier alpha value is -1.58. The molecule has 0 amide bonds. The van der Waals surface area contributed by atoms with Crippen LogP contribution in [-0.2, 0) is 6.54 Å². The van der Waals surface area contributed by atoms with Crippen molar-refractivity contribution in [1.82, 2.24) is 5.32 Å². The number of nitrogens with one attached hydrogen (secondary N) is 1. The molecular weight excluding hydrogens is 287 g/mol. The SMILES string of the molecule is CN(CCCNCc1ccc(F)c(Cl)c1)c1ccccc1. The zero-order valence-electron chi connectivity index (χ0n) is 12.2. The van der Waals surface area contributed by atoms with Crippen molar-refractivity contribution in [2.24, 2.45) is 0 Å². The number of nitrogens with zero attached hydrogens (tertiary/aromatic N) is 1. The highest BCUT2D eigenvalue weighted by molar-refractivity contribution is 6.30. The highest BCUT2D eigenvalue weighted by Gasteiger charge is 2.01. The number of para-hydroxylation sites is 1. The van der Waals surface area contributed by atoms with Gasteiger partial charge < -0.3 is 10.2 Å². The van der Waals surface area contributed by atoms with Crippen LogP contribution < -0.4 is 10.2 Å². The second kappa shape index (κ2) is 8.01. The molecule has 0 heterocycles. The van der Waals surface area contributed by atoms with Gasteiger partial charge in [0, 0.05) is 25.8 Å². The van der Waals surface area contributed by atoms with Crippen LogP contribution in [0.25, 0.3) is 0 Å². The third-order valence-electron chi connectivity index (χ3n) is 3.36. The lowest BCUT2D eigenvalue weighted by Gasteiger charge is -2.19. The fraction of sp³-hybridized carbons (Fsp3) is 0.294. The quantitative estimate of drug-likeness (QED) is 0.775. The van der Waals surface area contributed by atoms with Gasteiger partial charge in [-0.25, -0.2) is 4.39 Å². The first-order chi connectivity index (χ1) is 10.2. The van der Waals surface area contributed by atoms with Crippen molar-refractivity contribution in [3.05, 3.63) is 64.9 Å². The predicted molar refractivity (Wildman–Crippen MR) is 87.4 cm³/mol. The summed E-state index contributed by atoms with van der Waals surface area (Å²) >= 11 is 5.75. The first-order valence-electron chi connectivity index (χ1n) is 7.07. The molecule has 0 radical (unpaired) electrons. The van der Waals surface area contributed by atoms with E-state index in [2.05, 4.69) is 29.4 Å². The molecule has 2 aromatic carbocycles. The van der Waals surface area contributed by atoms with Gasteiger partial charge in [-0.2, -0.15) is 0 Å². The summed E-state index contributed by atoms with van der Waals surface area (Å²) in [5, 5.41) is 3.53. The highest BCUT2D eigenvalue weighted by Crippen LogP contribution is 2.15. The molecule has 2 aromatic rings. The molecule has 0 aromatic heterocycles. The van der Waals surface area contributed by atoms with Crippen LogP contribution in [0.15, 0.2) is 48.5 Å². The third-order valence-corrected chi connectivity index (χ3v) is 3.65. The van der Waals surface area contributed by atoms with Crippen LogP contribution >= 0.6 is 11.6 Å². The van der Waals surface area contributed by atoms with Gasteiger partial charge in [0.25, 0.3) is 0 Å². The zero-order valence-corrected chi connectivity index (χ0v) is 12.9. The molecule has 0 aliphatic heterocycles. The van der Waals surface area contributed by atoms with Gasteiger partial charge in [-0.05, 0) is 42.8 Å². The molecule has 1 N–H and O–H groups in total. The van der Waals surface area contributed by atoms with Crippen molar-refractivity contribution in [3.63, 3.8) is 0 Å². The Morgan fingerprint density at radius 1 is 1.14 bits per heavy atom. The average Bonchev–Trinajstić information content (AvgIpc) is 2.51. The van der Waals surface area contributed by atoms with E-state index in [1.165, 1.54) is 11.8 Å². The van der Waals surface area contributed by atoms with Crippen molar-refractivity contribution < 1.29 is 4.39 Å². The summed E-state index contributed by atoms with van der Waals surface area (Å²) in [7, 11) is 2.09. The molecule has 0 saturated heterocycles. The Balaban J connectivity index is 1.67. The number of benzene rings is 2. The van der Waals surface area contributed by atoms with Crippen molar-refractivity contribution >= 4 is 17.3 Å². The number of hydrogen-bond donors (Lipinski definition) is 1. The van der Waals surface area contributed by atoms with Gasteiger partial charge in [0.1, 0.15) is 5.82 Å². The van der Waals surface area contributed by atoms with Gasteiger partial charge in [0.05, 0.1) is 5.02 Å². The molecule has 21 heavy (non-hydrogen) atoms. The molecule has 0 fully saturated rings. The van der Waals surface area contributed by atoms with Gasteiger partial charge >= 0.3 is 0 Å². The van der Waals surface area contributed by atoms with Crippen molar-refractivity contribution in [1.29, 1.82) is 0 Å². The van der Waals surface area contributed by atoms with E-state index < -0.39 is 0 Å². The average molecular weight is 307 g/mol. The normalized spacial score (nSPS) is 10.6. The van der Waals surface area contributed by atoms with E-state index in [1.807, 2.05) is 18.2 Å². The first kappa shape index (κ1) is 15.8. The largest absolute Gasteiger partial charge is 0.375 e. The second-order valence-corrected chi connectivity index (χ2v) is 5.44. The Morgan fingerprint density at radius 2 is 1.90 bits per heavy atom. The molecule has 4 heteroatoms.